The first-order chi connectivity index (χ1) is 10.4. The van der Waals surface area contributed by atoms with Gasteiger partial charge in [-0.3, -0.25) is 4.79 Å². The second-order valence-corrected chi connectivity index (χ2v) is 12.5. The summed E-state index contributed by atoms with van der Waals surface area (Å²) in [7, 11) is -0.608. The third kappa shape index (κ3) is 4.82. The number of ether oxygens (including phenoxy) is 1. The molecule has 0 spiro atoms. The Morgan fingerprint density at radius 3 is 2.30 bits per heavy atom. The molecule has 0 fully saturated rings. The molecule has 0 amide bonds. The number of hydrogen-bond acceptors (Lipinski definition) is 4. The molecule has 1 unspecified atom stereocenters. The number of benzene rings is 1. The van der Waals surface area contributed by atoms with E-state index in [1.165, 1.54) is 7.11 Å². The van der Waals surface area contributed by atoms with Crippen LogP contribution >= 0.6 is 0 Å². The molecule has 0 heterocycles. The first-order valence-corrected chi connectivity index (χ1v) is 10.9. The van der Waals surface area contributed by atoms with E-state index >= 15 is 0 Å². The van der Waals surface area contributed by atoms with E-state index in [0.29, 0.717) is 6.42 Å². The summed E-state index contributed by atoms with van der Waals surface area (Å²) in [5, 5.41) is 0.104. The van der Waals surface area contributed by atoms with Gasteiger partial charge in [0.2, 0.25) is 8.32 Å². The van der Waals surface area contributed by atoms with E-state index in [1.807, 2.05) is 13.0 Å². The molecule has 0 aliphatic rings. The molecule has 0 aliphatic carbocycles. The van der Waals surface area contributed by atoms with E-state index in [2.05, 4.69) is 46.9 Å². The van der Waals surface area contributed by atoms with Crippen molar-refractivity contribution < 1.29 is 14.0 Å². The third-order valence-electron chi connectivity index (χ3n) is 4.68. The zero-order valence-electron chi connectivity index (χ0n) is 15.7. The quantitative estimate of drug-likeness (QED) is 0.657. The second-order valence-electron chi connectivity index (χ2n) is 7.75. The summed E-state index contributed by atoms with van der Waals surface area (Å²) in [6.45, 7) is 15.1. The lowest BCUT2D eigenvalue weighted by Crippen LogP contribution is -2.44. The lowest BCUT2D eigenvalue weighted by atomic mass is 9.98. The molecule has 1 atom stereocenters. The van der Waals surface area contributed by atoms with Crippen LogP contribution in [0.3, 0.4) is 0 Å². The molecule has 4 nitrogen and oxygen atoms in total. The Bertz CT molecular complexity index is 576. The van der Waals surface area contributed by atoms with Crippen LogP contribution in [0.5, 0.6) is 5.75 Å². The smallest absolute Gasteiger partial charge is 0.322 e. The standard InChI is InChI=1S/C18H31NO3Si/c1-12-9-13(2)14(11-15(19)17(20)21-6)16(10-12)22-23(7,8)18(3,4)5/h9-10,15H,11,19H2,1-8H3. The molecule has 1 rings (SSSR count). The summed E-state index contributed by atoms with van der Waals surface area (Å²) in [4.78, 5) is 11.7. The Hall–Kier alpha value is -1.33. The highest BCUT2D eigenvalue weighted by Crippen LogP contribution is 2.39. The van der Waals surface area contributed by atoms with Gasteiger partial charge in [-0.25, -0.2) is 0 Å². The van der Waals surface area contributed by atoms with E-state index in [1.54, 1.807) is 0 Å². The Kier molecular flexibility index (Phi) is 6.04. The van der Waals surface area contributed by atoms with Gasteiger partial charge in [0.25, 0.3) is 0 Å². The van der Waals surface area contributed by atoms with Crippen molar-refractivity contribution in [2.45, 2.75) is 65.2 Å². The van der Waals surface area contributed by atoms with Gasteiger partial charge in [-0.1, -0.05) is 26.8 Å². The Morgan fingerprint density at radius 2 is 1.83 bits per heavy atom. The van der Waals surface area contributed by atoms with Crippen molar-refractivity contribution in [1.29, 1.82) is 0 Å². The van der Waals surface area contributed by atoms with Crippen molar-refractivity contribution in [3.8, 4) is 5.75 Å². The maximum atomic E-state index is 11.7. The van der Waals surface area contributed by atoms with E-state index in [4.69, 9.17) is 14.9 Å². The summed E-state index contributed by atoms with van der Waals surface area (Å²) in [6, 6.07) is 3.47. The molecule has 0 saturated carbocycles. The molecule has 0 saturated heterocycles. The maximum Gasteiger partial charge on any atom is 0.322 e. The van der Waals surface area contributed by atoms with E-state index in [-0.39, 0.29) is 5.04 Å². The summed E-state index contributed by atoms with van der Waals surface area (Å²) in [6.07, 6.45) is 0.419. The Balaban J connectivity index is 3.24. The van der Waals surface area contributed by atoms with Crippen molar-refractivity contribution in [3.63, 3.8) is 0 Å². The molecule has 130 valence electrons. The van der Waals surface area contributed by atoms with Crippen LogP contribution in [0.25, 0.3) is 0 Å². The number of aryl methyl sites for hydroxylation is 2. The molecule has 1 aromatic carbocycles. The van der Waals surface area contributed by atoms with Crippen LogP contribution in [0, 0.1) is 13.8 Å². The topological polar surface area (TPSA) is 61.5 Å². The number of hydrogen-bond donors (Lipinski definition) is 1. The van der Waals surface area contributed by atoms with E-state index in [0.717, 1.165) is 22.4 Å². The molecule has 0 bridgehead atoms. The number of rotatable bonds is 5. The Morgan fingerprint density at radius 1 is 1.26 bits per heavy atom. The largest absolute Gasteiger partial charge is 0.543 e. The highest BCUT2D eigenvalue weighted by molar-refractivity contribution is 6.74. The number of esters is 1. The van der Waals surface area contributed by atoms with Gasteiger partial charge in [0.15, 0.2) is 0 Å². The fourth-order valence-electron chi connectivity index (χ4n) is 2.19. The number of carbonyl (C=O) groups is 1. The third-order valence-corrected chi connectivity index (χ3v) is 9.02. The predicted octanol–water partition coefficient (Wildman–Crippen LogP) is 3.73. The van der Waals surface area contributed by atoms with Crippen molar-refractivity contribution in [3.05, 3.63) is 28.8 Å². The summed E-state index contributed by atoms with van der Waals surface area (Å²) < 4.78 is 11.3. The predicted molar refractivity (Wildman–Crippen MR) is 97.4 cm³/mol. The fourth-order valence-corrected chi connectivity index (χ4v) is 3.23. The second kappa shape index (κ2) is 7.05. The lowest BCUT2D eigenvalue weighted by molar-refractivity contribution is -0.142. The minimum absolute atomic E-state index is 0.104. The van der Waals surface area contributed by atoms with Crippen LogP contribution < -0.4 is 10.2 Å². The molecule has 23 heavy (non-hydrogen) atoms. The van der Waals surface area contributed by atoms with Crippen molar-refractivity contribution in [1.82, 2.24) is 0 Å². The van der Waals surface area contributed by atoms with Crippen LogP contribution in [-0.4, -0.2) is 27.4 Å². The summed E-state index contributed by atoms with van der Waals surface area (Å²) in [5.41, 5.74) is 9.21. The van der Waals surface area contributed by atoms with Gasteiger partial charge < -0.3 is 14.9 Å². The van der Waals surface area contributed by atoms with E-state index in [9.17, 15) is 4.79 Å². The Labute approximate surface area is 141 Å². The molecule has 0 aliphatic heterocycles. The first-order valence-electron chi connectivity index (χ1n) is 8.01. The number of carbonyl (C=O) groups excluding carboxylic acids is 1. The average Bonchev–Trinajstić information content (AvgIpc) is 2.39. The average molecular weight is 338 g/mol. The van der Waals surface area contributed by atoms with Crippen LogP contribution in [0.2, 0.25) is 18.1 Å². The monoisotopic (exact) mass is 337 g/mol. The molecular formula is C18H31NO3Si. The maximum absolute atomic E-state index is 11.7. The fraction of sp³-hybridized carbons (Fsp3) is 0.611. The molecule has 0 aromatic heterocycles. The van der Waals surface area contributed by atoms with Crippen LogP contribution in [-0.2, 0) is 16.0 Å². The van der Waals surface area contributed by atoms with Crippen molar-refractivity contribution in [2.75, 3.05) is 7.11 Å². The van der Waals surface area contributed by atoms with Gasteiger partial charge in [0.05, 0.1) is 7.11 Å². The van der Waals surface area contributed by atoms with Gasteiger partial charge >= 0.3 is 5.97 Å². The molecule has 1 aromatic rings. The summed E-state index contributed by atoms with van der Waals surface area (Å²) >= 11 is 0. The van der Waals surface area contributed by atoms with Gasteiger partial charge in [-0.15, -0.1) is 0 Å². The van der Waals surface area contributed by atoms with Crippen molar-refractivity contribution >= 4 is 14.3 Å². The van der Waals surface area contributed by atoms with Crippen molar-refractivity contribution in [2.24, 2.45) is 5.73 Å². The van der Waals surface area contributed by atoms with Gasteiger partial charge in [0, 0.05) is 6.42 Å². The van der Waals surface area contributed by atoms with Crippen LogP contribution in [0.15, 0.2) is 12.1 Å². The number of methoxy groups -OCH3 is 1. The number of nitrogens with two attached hydrogens (primary N) is 1. The zero-order chi connectivity index (χ0) is 18.0. The zero-order valence-corrected chi connectivity index (χ0v) is 16.7. The molecular weight excluding hydrogens is 306 g/mol. The van der Waals surface area contributed by atoms with Crippen LogP contribution in [0.4, 0.5) is 0 Å². The van der Waals surface area contributed by atoms with E-state index < -0.39 is 20.3 Å². The molecule has 2 N–H and O–H groups in total. The molecule has 5 heteroatoms. The van der Waals surface area contributed by atoms with Gasteiger partial charge in [-0.2, -0.15) is 0 Å². The van der Waals surface area contributed by atoms with Gasteiger partial charge in [-0.05, 0) is 54.7 Å². The first kappa shape index (κ1) is 19.7. The summed E-state index contributed by atoms with van der Waals surface area (Å²) in [5.74, 6) is 0.455. The normalized spacial score (nSPS) is 13.6. The van der Waals surface area contributed by atoms with Crippen LogP contribution in [0.1, 0.15) is 37.5 Å². The SMILES string of the molecule is COC(=O)C(N)Cc1c(C)cc(C)cc1O[Si](C)(C)C(C)(C)C. The lowest BCUT2D eigenvalue weighted by Gasteiger charge is -2.37. The van der Waals surface area contributed by atoms with Gasteiger partial charge in [0.1, 0.15) is 11.8 Å². The highest BCUT2D eigenvalue weighted by atomic mass is 28.4. The minimum Gasteiger partial charge on any atom is -0.543 e. The highest BCUT2D eigenvalue weighted by Gasteiger charge is 2.39. The molecule has 0 radical (unpaired) electrons. The minimum atomic E-state index is -1.97.